The van der Waals surface area contributed by atoms with Gasteiger partial charge in [-0.15, -0.1) is 0 Å². The van der Waals surface area contributed by atoms with Crippen LogP contribution in [-0.2, 0) is 21.1 Å². The number of carbonyl (C=O) groups is 1. The summed E-state index contributed by atoms with van der Waals surface area (Å²) in [6.07, 6.45) is 0.907. The number of hydrogen-bond acceptors (Lipinski definition) is 4. The van der Waals surface area contributed by atoms with Crippen molar-refractivity contribution in [2.24, 2.45) is 0 Å². The van der Waals surface area contributed by atoms with Crippen molar-refractivity contribution >= 4 is 15.7 Å². The molecule has 0 radical (unpaired) electrons. The van der Waals surface area contributed by atoms with Crippen molar-refractivity contribution in [1.82, 2.24) is 9.80 Å². The van der Waals surface area contributed by atoms with Gasteiger partial charge in [0.15, 0.2) is 9.84 Å². The molecule has 2 fully saturated rings. The normalized spacial score (nSPS) is 27.6. The molecule has 22 heavy (non-hydrogen) atoms. The van der Waals surface area contributed by atoms with Gasteiger partial charge in [0, 0.05) is 32.6 Å². The van der Waals surface area contributed by atoms with E-state index in [0.717, 1.165) is 19.5 Å². The minimum Gasteiger partial charge on any atom is -0.336 e. The number of rotatable bonds is 3. The molecule has 0 saturated carbocycles. The first kappa shape index (κ1) is 15.5. The molecule has 0 aromatic heterocycles. The lowest BCUT2D eigenvalue weighted by Gasteiger charge is -2.43. The zero-order valence-electron chi connectivity index (χ0n) is 12.8. The average molecular weight is 322 g/mol. The minimum atomic E-state index is -3.05. The van der Waals surface area contributed by atoms with E-state index >= 15 is 0 Å². The molecule has 2 heterocycles. The molecule has 0 aliphatic carbocycles. The van der Waals surface area contributed by atoms with Crippen LogP contribution in [0.3, 0.4) is 0 Å². The molecule has 3 rings (SSSR count). The number of benzene rings is 1. The van der Waals surface area contributed by atoms with Gasteiger partial charge in [-0.25, -0.2) is 8.42 Å². The molecule has 2 aliphatic heterocycles. The van der Waals surface area contributed by atoms with E-state index in [0.29, 0.717) is 6.54 Å². The highest BCUT2D eigenvalue weighted by atomic mass is 32.2. The predicted molar refractivity (Wildman–Crippen MR) is 85.3 cm³/mol. The van der Waals surface area contributed by atoms with Gasteiger partial charge >= 0.3 is 0 Å². The molecule has 1 aromatic rings. The Bertz CT molecular complexity index is 645. The fourth-order valence-electron chi connectivity index (χ4n) is 3.61. The van der Waals surface area contributed by atoms with Crippen molar-refractivity contribution < 1.29 is 13.2 Å². The zero-order chi connectivity index (χ0) is 15.7. The van der Waals surface area contributed by atoms with Crippen LogP contribution < -0.4 is 0 Å². The first-order chi connectivity index (χ1) is 10.5. The van der Waals surface area contributed by atoms with E-state index in [2.05, 4.69) is 17.0 Å². The van der Waals surface area contributed by atoms with Gasteiger partial charge in [0.05, 0.1) is 17.5 Å². The lowest BCUT2D eigenvalue weighted by molar-refractivity contribution is -0.134. The van der Waals surface area contributed by atoms with Gasteiger partial charge in [0.1, 0.15) is 0 Å². The molecule has 6 heteroatoms. The summed E-state index contributed by atoms with van der Waals surface area (Å²) >= 11 is 0. The molecule has 2 aliphatic rings. The summed E-state index contributed by atoms with van der Waals surface area (Å²) in [6.45, 7) is 3.75. The molecule has 120 valence electrons. The number of amides is 1. The van der Waals surface area contributed by atoms with Crippen LogP contribution in [0.5, 0.6) is 0 Å². The van der Waals surface area contributed by atoms with E-state index in [4.69, 9.17) is 0 Å². The number of piperazine rings is 1. The smallest absolute Gasteiger partial charge is 0.219 e. The van der Waals surface area contributed by atoms with Gasteiger partial charge in [-0.1, -0.05) is 30.3 Å². The number of carbonyl (C=O) groups excluding carboxylic acids is 1. The van der Waals surface area contributed by atoms with Crippen molar-refractivity contribution in [3.63, 3.8) is 0 Å². The van der Waals surface area contributed by atoms with Gasteiger partial charge in [0.25, 0.3) is 0 Å². The average Bonchev–Trinajstić information content (AvgIpc) is 2.80. The molecular formula is C16H22N2O3S. The Labute approximate surface area is 131 Å². The Morgan fingerprint density at radius 2 is 1.82 bits per heavy atom. The summed E-state index contributed by atoms with van der Waals surface area (Å²) < 4.78 is 24.0. The SMILES string of the molecule is CC(=O)N1CCN(CCc2ccccc2)[C@@H]2CS(=O)(=O)C[C@@H]21. The second-order valence-electron chi connectivity index (χ2n) is 6.20. The van der Waals surface area contributed by atoms with Gasteiger partial charge in [-0.3, -0.25) is 9.69 Å². The molecule has 0 unspecified atom stereocenters. The summed E-state index contributed by atoms with van der Waals surface area (Å²) in [7, 11) is -3.05. The van der Waals surface area contributed by atoms with E-state index in [-0.39, 0.29) is 29.5 Å². The van der Waals surface area contributed by atoms with Gasteiger partial charge in [0.2, 0.25) is 5.91 Å². The standard InChI is InChI=1S/C16H22N2O3S/c1-13(19)18-10-9-17(8-7-14-5-3-2-4-6-14)15-11-22(20,21)12-16(15)18/h2-6,15-16H,7-12H2,1H3/t15-,16+/m1/s1. The topological polar surface area (TPSA) is 57.7 Å². The van der Waals surface area contributed by atoms with Crippen LogP contribution in [0.2, 0.25) is 0 Å². The molecular weight excluding hydrogens is 300 g/mol. The lowest BCUT2D eigenvalue weighted by atomic mass is 10.0. The third-order valence-corrected chi connectivity index (χ3v) is 6.42. The minimum absolute atomic E-state index is 0.0187. The zero-order valence-corrected chi connectivity index (χ0v) is 13.6. The van der Waals surface area contributed by atoms with E-state index < -0.39 is 9.84 Å². The van der Waals surface area contributed by atoms with Gasteiger partial charge < -0.3 is 4.90 Å². The molecule has 2 saturated heterocycles. The number of nitrogens with zero attached hydrogens (tertiary/aromatic N) is 2. The highest BCUT2D eigenvalue weighted by Gasteiger charge is 2.47. The molecule has 0 bridgehead atoms. The first-order valence-corrected chi connectivity index (χ1v) is 9.54. The molecule has 1 amide bonds. The fraction of sp³-hybridized carbons (Fsp3) is 0.562. The van der Waals surface area contributed by atoms with Crippen LogP contribution in [0.1, 0.15) is 12.5 Å². The van der Waals surface area contributed by atoms with Crippen LogP contribution in [0, 0.1) is 0 Å². The molecule has 1 aromatic carbocycles. The van der Waals surface area contributed by atoms with E-state index in [1.807, 2.05) is 18.2 Å². The summed E-state index contributed by atoms with van der Waals surface area (Å²) in [4.78, 5) is 15.7. The van der Waals surface area contributed by atoms with Crippen LogP contribution >= 0.6 is 0 Å². The van der Waals surface area contributed by atoms with Crippen molar-refractivity contribution in [2.45, 2.75) is 25.4 Å². The Morgan fingerprint density at radius 1 is 1.14 bits per heavy atom. The quantitative estimate of drug-likeness (QED) is 0.816. The Hall–Kier alpha value is -1.40. The van der Waals surface area contributed by atoms with Crippen molar-refractivity contribution in [1.29, 1.82) is 0 Å². The van der Waals surface area contributed by atoms with Crippen molar-refractivity contribution in [3.05, 3.63) is 35.9 Å². The van der Waals surface area contributed by atoms with Crippen molar-refractivity contribution in [2.75, 3.05) is 31.1 Å². The maximum absolute atomic E-state index is 12.0. The summed E-state index contributed by atoms with van der Waals surface area (Å²) in [5.74, 6) is 0.268. The maximum atomic E-state index is 12.0. The highest BCUT2D eigenvalue weighted by Crippen LogP contribution is 2.27. The largest absolute Gasteiger partial charge is 0.336 e. The maximum Gasteiger partial charge on any atom is 0.219 e. The monoisotopic (exact) mass is 322 g/mol. The summed E-state index contributed by atoms with van der Waals surface area (Å²) in [5, 5.41) is 0. The van der Waals surface area contributed by atoms with E-state index in [1.165, 1.54) is 12.5 Å². The van der Waals surface area contributed by atoms with Crippen molar-refractivity contribution in [3.8, 4) is 0 Å². The van der Waals surface area contributed by atoms with Gasteiger partial charge in [-0.2, -0.15) is 0 Å². The lowest BCUT2D eigenvalue weighted by Crippen LogP contribution is -2.60. The Balaban J connectivity index is 1.72. The van der Waals surface area contributed by atoms with Crippen LogP contribution in [0.15, 0.2) is 30.3 Å². The molecule has 5 nitrogen and oxygen atoms in total. The van der Waals surface area contributed by atoms with E-state index in [9.17, 15) is 13.2 Å². The fourth-order valence-corrected chi connectivity index (χ4v) is 5.62. The predicted octanol–water partition coefficient (Wildman–Crippen LogP) is 0.559. The first-order valence-electron chi connectivity index (χ1n) is 7.72. The van der Waals surface area contributed by atoms with Gasteiger partial charge in [-0.05, 0) is 12.0 Å². The Kier molecular flexibility index (Phi) is 4.23. The van der Waals surface area contributed by atoms with E-state index in [1.54, 1.807) is 4.90 Å². The number of sulfone groups is 1. The number of hydrogen-bond donors (Lipinski definition) is 0. The molecule has 0 spiro atoms. The Morgan fingerprint density at radius 3 is 2.50 bits per heavy atom. The van der Waals surface area contributed by atoms with Crippen LogP contribution in [0.4, 0.5) is 0 Å². The second kappa shape index (κ2) is 6.01. The van der Waals surface area contributed by atoms with Crippen LogP contribution in [0.25, 0.3) is 0 Å². The molecule has 0 N–H and O–H groups in total. The third-order valence-electron chi connectivity index (χ3n) is 4.73. The highest BCUT2D eigenvalue weighted by molar-refractivity contribution is 7.91. The summed E-state index contributed by atoms with van der Waals surface area (Å²) in [6, 6.07) is 9.99. The van der Waals surface area contributed by atoms with Crippen LogP contribution in [-0.4, -0.2) is 67.3 Å². The molecule has 2 atom stereocenters. The summed E-state index contributed by atoms with van der Waals surface area (Å²) in [5.41, 5.74) is 1.26. The second-order valence-corrected chi connectivity index (χ2v) is 8.35. The number of fused-ring (bicyclic) bond motifs is 1. The third kappa shape index (κ3) is 3.17.